The van der Waals surface area contributed by atoms with Crippen molar-refractivity contribution in [3.63, 3.8) is 0 Å². The predicted octanol–water partition coefficient (Wildman–Crippen LogP) is 2.25. The first-order chi connectivity index (χ1) is 11.6. The van der Waals surface area contributed by atoms with Crippen LogP contribution in [0.3, 0.4) is 0 Å². The maximum Gasteiger partial charge on any atom is 0.203 e. The minimum absolute atomic E-state index is 0.0855. The molecule has 1 aromatic carbocycles. The summed E-state index contributed by atoms with van der Waals surface area (Å²) >= 11 is 0. The van der Waals surface area contributed by atoms with Gasteiger partial charge in [-0.15, -0.1) is 0 Å². The number of carbonyl (C=O) groups excluding carboxylic acids is 1. The number of benzene rings is 1. The van der Waals surface area contributed by atoms with Crippen LogP contribution in [0.5, 0.6) is 17.2 Å². The third-order valence-corrected chi connectivity index (χ3v) is 3.63. The fourth-order valence-electron chi connectivity index (χ4n) is 2.46. The van der Waals surface area contributed by atoms with Crippen LogP contribution in [-0.2, 0) is 6.42 Å². The van der Waals surface area contributed by atoms with Crippen molar-refractivity contribution < 1.29 is 19.0 Å². The van der Waals surface area contributed by atoms with E-state index in [0.29, 0.717) is 29.2 Å². The maximum atomic E-state index is 12.5. The molecular formula is C18H22N2O4. The van der Waals surface area contributed by atoms with Crippen LogP contribution in [0.25, 0.3) is 0 Å². The van der Waals surface area contributed by atoms with Gasteiger partial charge in [0.05, 0.1) is 21.3 Å². The molecule has 0 saturated heterocycles. The molecule has 0 amide bonds. The van der Waals surface area contributed by atoms with E-state index in [4.69, 9.17) is 19.9 Å². The molecule has 6 nitrogen and oxygen atoms in total. The van der Waals surface area contributed by atoms with Crippen molar-refractivity contribution in [3.8, 4) is 17.2 Å². The second-order valence-corrected chi connectivity index (χ2v) is 5.33. The Morgan fingerprint density at radius 1 is 1.12 bits per heavy atom. The zero-order valence-corrected chi connectivity index (χ0v) is 14.1. The van der Waals surface area contributed by atoms with Gasteiger partial charge in [-0.2, -0.15) is 0 Å². The van der Waals surface area contributed by atoms with E-state index in [9.17, 15) is 4.79 Å². The highest BCUT2D eigenvalue weighted by Crippen LogP contribution is 2.38. The van der Waals surface area contributed by atoms with Crippen LogP contribution >= 0.6 is 0 Å². The summed E-state index contributed by atoms with van der Waals surface area (Å²) in [6.45, 7) is 0. The third kappa shape index (κ3) is 4.23. The molecule has 6 heteroatoms. The van der Waals surface area contributed by atoms with Gasteiger partial charge in [-0.3, -0.25) is 9.78 Å². The molecule has 1 aromatic heterocycles. The van der Waals surface area contributed by atoms with Gasteiger partial charge in [0.15, 0.2) is 17.3 Å². The fraction of sp³-hybridized carbons (Fsp3) is 0.333. The fourth-order valence-corrected chi connectivity index (χ4v) is 2.46. The second-order valence-electron chi connectivity index (χ2n) is 5.33. The topological polar surface area (TPSA) is 83.7 Å². The van der Waals surface area contributed by atoms with Gasteiger partial charge >= 0.3 is 0 Å². The third-order valence-electron chi connectivity index (χ3n) is 3.63. The van der Waals surface area contributed by atoms with Crippen molar-refractivity contribution in [2.24, 2.45) is 5.73 Å². The molecule has 1 unspecified atom stereocenters. The zero-order chi connectivity index (χ0) is 17.5. The monoisotopic (exact) mass is 330 g/mol. The van der Waals surface area contributed by atoms with Crippen molar-refractivity contribution in [3.05, 3.63) is 47.8 Å². The summed E-state index contributed by atoms with van der Waals surface area (Å²) in [7, 11) is 4.54. The summed E-state index contributed by atoms with van der Waals surface area (Å²) in [6, 6.07) is 8.59. The Hall–Kier alpha value is -2.60. The number of hydrogen-bond acceptors (Lipinski definition) is 6. The summed E-state index contributed by atoms with van der Waals surface area (Å²) in [4.78, 5) is 16.8. The Labute approximate surface area is 141 Å². The van der Waals surface area contributed by atoms with E-state index in [1.807, 2.05) is 18.2 Å². The van der Waals surface area contributed by atoms with Gasteiger partial charge in [-0.25, -0.2) is 0 Å². The van der Waals surface area contributed by atoms with Gasteiger partial charge in [0.2, 0.25) is 5.75 Å². The van der Waals surface area contributed by atoms with Crippen LogP contribution < -0.4 is 19.9 Å². The standard InChI is InChI=1S/C18H22N2O4/c1-22-16-8-12(9-17(23-2)18(16)24-3)15(21)11-13(19)10-14-6-4-5-7-20-14/h4-9,13H,10-11,19H2,1-3H3. The van der Waals surface area contributed by atoms with E-state index in [2.05, 4.69) is 4.98 Å². The lowest BCUT2D eigenvalue weighted by atomic mass is 10.00. The van der Waals surface area contributed by atoms with Crippen LogP contribution in [0, 0.1) is 0 Å². The van der Waals surface area contributed by atoms with Gasteiger partial charge in [0, 0.05) is 36.3 Å². The first-order valence-corrected chi connectivity index (χ1v) is 7.57. The lowest BCUT2D eigenvalue weighted by Crippen LogP contribution is -2.26. The highest BCUT2D eigenvalue weighted by molar-refractivity contribution is 5.97. The predicted molar refractivity (Wildman–Crippen MR) is 91.0 cm³/mol. The lowest BCUT2D eigenvalue weighted by Gasteiger charge is -2.15. The molecule has 24 heavy (non-hydrogen) atoms. The highest BCUT2D eigenvalue weighted by atomic mass is 16.5. The van der Waals surface area contributed by atoms with E-state index in [1.165, 1.54) is 21.3 Å². The average molecular weight is 330 g/mol. The molecule has 0 saturated carbocycles. The number of carbonyl (C=O) groups is 1. The summed E-state index contributed by atoms with van der Waals surface area (Å²) in [5.74, 6) is 1.25. The molecule has 0 aliphatic rings. The summed E-state index contributed by atoms with van der Waals surface area (Å²) in [6.07, 6.45) is 2.45. The minimum Gasteiger partial charge on any atom is -0.493 e. The number of ketones is 1. The second kappa shape index (κ2) is 8.31. The van der Waals surface area contributed by atoms with Crippen LogP contribution in [-0.4, -0.2) is 38.1 Å². The SMILES string of the molecule is COc1cc(C(=O)CC(N)Cc2ccccn2)cc(OC)c1OC. The molecule has 0 aliphatic carbocycles. The normalized spacial score (nSPS) is 11.7. The lowest BCUT2D eigenvalue weighted by molar-refractivity contribution is 0.0973. The Balaban J connectivity index is 2.14. The van der Waals surface area contributed by atoms with Crippen LogP contribution in [0.2, 0.25) is 0 Å². The van der Waals surface area contributed by atoms with E-state index in [1.54, 1.807) is 18.3 Å². The molecule has 0 aliphatic heterocycles. The van der Waals surface area contributed by atoms with Gasteiger partial charge in [0.1, 0.15) is 0 Å². The number of nitrogens with zero attached hydrogens (tertiary/aromatic N) is 1. The van der Waals surface area contributed by atoms with Crippen molar-refractivity contribution in [2.45, 2.75) is 18.9 Å². The molecule has 2 N–H and O–H groups in total. The average Bonchev–Trinajstić information content (AvgIpc) is 2.60. The number of Topliss-reactive ketones (excluding diaryl/α,β-unsaturated/α-hetero) is 1. The van der Waals surface area contributed by atoms with Crippen LogP contribution in [0.15, 0.2) is 36.5 Å². The van der Waals surface area contributed by atoms with Crippen LogP contribution in [0.1, 0.15) is 22.5 Å². The summed E-state index contributed by atoms with van der Waals surface area (Å²) in [5, 5.41) is 0. The van der Waals surface area contributed by atoms with Crippen molar-refractivity contribution >= 4 is 5.78 Å². The molecular weight excluding hydrogens is 308 g/mol. The number of rotatable bonds is 8. The first kappa shape index (κ1) is 17.7. The highest BCUT2D eigenvalue weighted by Gasteiger charge is 2.19. The molecule has 2 rings (SSSR count). The van der Waals surface area contributed by atoms with Gasteiger partial charge in [0.25, 0.3) is 0 Å². The number of hydrogen-bond donors (Lipinski definition) is 1. The Bertz CT molecular complexity index is 664. The number of nitrogens with two attached hydrogens (primary N) is 1. The molecule has 0 radical (unpaired) electrons. The van der Waals surface area contributed by atoms with Crippen molar-refractivity contribution in [1.82, 2.24) is 4.98 Å². The first-order valence-electron chi connectivity index (χ1n) is 7.57. The van der Waals surface area contributed by atoms with Crippen molar-refractivity contribution in [2.75, 3.05) is 21.3 Å². The molecule has 2 aromatic rings. The quantitative estimate of drug-likeness (QED) is 0.747. The van der Waals surface area contributed by atoms with E-state index in [-0.39, 0.29) is 18.2 Å². The summed E-state index contributed by atoms with van der Waals surface area (Å²) in [5.41, 5.74) is 7.43. The molecule has 128 valence electrons. The number of pyridine rings is 1. The number of aromatic nitrogens is 1. The van der Waals surface area contributed by atoms with Crippen LogP contribution in [0.4, 0.5) is 0 Å². The summed E-state index contributed by atoms with van der Waals surface area (Å²) < 4.78 is 15.8. The zero-order valence-electron chi connectivity index (χ0n) is 14.1. The van der Waals surface area contributed by atoms with Gasteiger partial charge in [-0.05, 0) is 24.3 Å². The van der Waals surface area contributed by atoms with Gasteiger partial charge < -0.3 is 19.9 Å². The number of methoxy groups -OCH3 is 3. The van der Waals surface area contributed by atoms with E-state index in [0.717, 1.165) is 5.69 Å². The Morgan fingerprint density at radius 2 is 1.79 bits per heavy atom. The Morgan fingerprint density at radius 3 is 2.29 bits per heavy atom. The smallest absolute Gasteiger partial charge is 0.203 e. The van der Waals surface area contributed by atoms with E-state index >= 15 is 0 Å². The molecule has 1 atom stereocenters. The maximum absolute atomic E-state index is 12.5. The van der Waals surface area contributed by atoms with Crippen molar-refractivity contribution in [1.29, 1.82) is 0 Å². The largest absolute Gasteiger partial charge is 0.493 e. The van der Waals surface area contributed by atoms with E-state index < -0.39 is 0 Å². The molecule has 0 spiro atoms. The minimum atomic E-state index is -0.313. The van der Waals surface area contributed by atoms with Gasteiger partial charge in [-0.1, -0.05) is 6.07 Å². The molecule has 0 fully saturated rings. The molecule has 1 heterocycles. The number of ether oxygens (including phenoxy) is 3. The Kier molecular flexibility index (Phi) is 6.14. The molecule has 0 bridgehead atoms.